The third-order valence-electron chi connectivity index (χ3n) is 5.00. The summed E-state index contributed by atoms with van der Waals surface area (Å²) in [5, 5.41) is 3.60. The van der Waals surface area contributed by atoms with Crippen LogP contribution in [0.1, 0.15) is 40.7 Å². The molecule has 2 aliphatic heterocycles. The molecule has 128 valence electrons. The average Bonchev–Trinajstić information content (AvgIpc) is 2.98. The van der Waals surface area contributed by atoms with Crippen molar-refractivity contribution in [3.63, 3.8) is 0 Å². The first-order valence-corrected chi connectivity index (χ1v) is 8.77. The fourth-order valence-electron chi connectivity index (χ4n) is 3.79. The first-order chi connectivity index (χ1) is 12.2. The minimum absolute atomic E-state index is 0.413. The van der Waals surface area contributed by atoms with Crippen molar-refractivity contribution in [2.24, 2.45) is 5.73 Å². The van der Waals surface area contributed by atoms with Gasteiger partial charge in [0, 0.05) is 17.6 Å². The van der Waals surface area contributed by atoms with Gasteiger partial charge in [0.1, 0.15) is 12.4 Å². The Labute approximate surface area is 147 Å². The molecular weight excluding hydrogens is 312 g/mol. The Kier molecular flexibility index (Phi) is 4.28. The maximum absolute atomic E-state index is 11.9. The van der Waals surface area contributed by atoms with Crippen LogP contribution in [-0.4, -0.2) is 18.0 Å². The van der Waals surface area contributed by atoms with Gasteiger partial charge in [-0.15, -0.1) is 0 Å². The second-order valence-electron chi connectivity index (χ2n) is 6.76. The maximum atomic E-state index is 11.9. The summed E-state index contributed by atoms with van der Waals surface area (Å²) in [7, 11) is 0. The summed E-state index contributed by atoms with van der Waals surface area (Å²) in [6.07, 6.45) is 5.60. The van der Waals surface area contributed by atoms with Gasteiger partial charge in [0.05, 0.1) is 5.56 Å². The molecule has 2 aliphatic rings. The molecule has 3 N–H and O–H groups in total. The zero-order valence-corrected chi connectivity index (χ0v) is 14.1. The predicted molar refractivity (Wildman–Crippen MR) is 98.3 cm³/mol. The minimum Gasteiger partial charge on any atom is -0.487 e. The Morgan fingerprint density at radius 2 is 1.96 bits per heavy atom. The number of nitrogens with two attached hydrogens (primary N) is 1. The van der Waals surface area contributed by atoms with E-state index in [-0.39, 0.29) is 0 Å². The Bertz CT molecular complexity index is 814. The standard InChI is InChI=1S/C21H22N2O2/c22-21(24)19-8-4-7-18(15-11-16-9-10-17(12-15)23-16)20(19)25-13-14-5-2-1-3-6-14/h1-8,11,16-17,23H,9-10,12-13H2,(H2,22,24). The summed E-state index contributed by atoms with van der Waals surface area (Å²) in [4.78, 5) is 11.9. The lowest BCUT2D eigenvalue weighted by molar-refractivity contribution is 0.0996. The molecule has 4 rings (SSSR count). The van der Waals surface area contributed by atoms with Gasteiger partial charge in [0.15, 0.2) is 0 Å². The van der Waals surface area contributed by atoms with Crippen molar-refractivity contribution in [1.82, 2.24) is 5.32 Å². The Morgan fingerprint density at radius 3 is 2.72 bits per heavy atom. The van der Waals surface area contributed by atoms with Crippen molar-refractivity contribution < 1.29 is 9.53 Å². The van der Waals surface area contributed by atoms with Gasteiger partial charge in [-0.3, -0.25) is 4.79 Å². The van der Waals surface area contributed by atoms with Crippen LogP contribution in [0.4, 0.5) is 0 Å². The highest BCUT2D eigenvalue weighted by Crippen LogP contribution is 2.37. The molecule has 0 aromatic heterocycles. The number of carbonyl (C=O) groups is 1. The summed E-state index contributed by atoms with van der Waals surface area (Å²) < 4.78 is 6.10. The Hall–Kier alpha value is -2.59. The number of benzene rings is 2. The largest absolute Gasteiger partial charge is 0.487 e. The number of hydrogen-bond donors (Lipinski definition) is 2. The van der Waals surface area contributed by atoms with E-state index in [1.165, 1.54) is 18.4 Å². The maximum Gasteiger partial charge on any atom is 0.252 e. The number of amides is 1. The second kappa shape index (κ2) is 6.73. The van der Waals surface area contributed by atoms with Crippen molar-refractivity contribution in [1.29, 1.82) is 0 Å². The SMILES string of the molecule is NC(=O)c1cccc(C2=CC3CCC(C2)N3)c1OCc1ccccc1. The van der Waals surface area contributed by atoms with Crippen LogP contribution in [0.15, 0.2) is 54.6 Å². The number of hydrogen-bond acceptors (Lipinski definition) is 3. The van der Waals surface area contributed by atoms with Crippen LogP contribution in [0, 0.1) is 0 Å². The van der Waals surface area contributed by atoms with E-state index in [0.29, 0.717) is 30.0 Å². The van der Waals surface area contributed by atoms with Gasteiger partial charge in [0.25, 0.3) is 5.91 Å². The topological polar surface area (TPSA) is 64.4 Å². The number of carbonyl (C=O) groups excluding carboxylic acids is 1. The van der Waals surface area contributed by atoms with Gasteiger partial charge >= 0.3 is 0 Å². The van der Waals surface area contributed by atoms with E-state index in [9.17, 15) is 4.79 Å². The number of nitrogens with one attached hydrogen (secondary N) is 1. The van der Waals surface area contributed by atoms with Crippen LogP contribution >= 0.6 is 0 Å². The molecule has 2 heterocycles. The Balaban J connectivity index is 1.69. The quantitative estimate of drug-likeness (QED) is 0.882. The van der Waals surface area contributed by atoms with E-state index in [2.05, 4.69) is 11.4 Å². The fraction of sp³-hybridized carbons (Fsp3) is 0.286. The van der Waals surface area contributed by atoms with Gasteiger partial charge in [-0.2, -0.15) is 0 Å². The van der Waals surface area contributed by atoms with Crippen LogP contribution in [0.2, 0.25) is 0 Å². The van der Waals surface area contributed by atoms with Crippen LogP contribution in [0.25, 0.3) is 5.57 Å². The third kappa shape index (κ3) is 3.30. The summed E-state index contributed by atoms with van der Waals surface area (Å²) in [6.45, 7) is 0.413. The van der Waals surface area contributed by atoms with E-state index < -0.39 is 5.91 Å². The molecule has 1 fully saturated rings. The number of fused-ring (bicyclic) bond motifs is 2. The summed E-state index contributed by atoms with van der Waals surface area (Å²) >= 11 is 0. The van der Waals surface area contributed by atoms with Crippen molar-refractivity contribution in [2.75, 3.05) is 0 Å². The number of ether oxygens (including phenoxy) is 1. The van der Waals surface area contributed by atoms with Crippen LogP contribution < -0.4 is 15.8 Å². The van der Waals surface area contributed by atoms with Crippen molar-refractivity contribution in [3.8, 4) is 5.75 Å². The fourth-order valence-corrected chi connectivity index (χ4v) is 3.79. The lowest BCUT2D eigenvalue weighted by atomic mass is 9.93. The molecule has 0 saturated carbocycles. The molecule has 2 aromatic rings. The number of rotatable bonds is 5. The van der Waals surface area contributed by atoms with E-state index in [0.717, 1.165) is 17.5 Å². The van der Waals surface area contributed by atoms with E-state index in [1.807, 2.05) is 42.5 Å². The van der Waals surface area contributed by atoms with Crippen molar-refractivity contribution in [3.05, 3.63) is 71.3 Å². The van der Waals surface area contributed by atoms with Crippen molar-refractivity contribution in [2.45, 2.75) is 38.0 Å². The Morgan fingerprint density at radius 1 is 1.12 bits per heavy atom. The molecule has 2 bridgehead atoms. The van der Waals surface area contributed by atoms with Gasteiger partial charge < -0.3 is 15.8 Å². The molecular formula is C21H22N2O2. The van der Waals surface area contributed by atoms with Crippen molar-refractivity contribution >= 4 is 11.5 Å². The van der Waals surface area contributed by atoms with E-state index in [1.54, 1.807) is 6.07 Å². The average molecular weight is 334 g/mol. The minimum atomic E-state index is -0.456. The molecule has 0 aliphatic carbocycles. The number of primary amides is 1. The molecule has 1 saturated heterocycles. The molecule has 2 aromatic carbocycles. The monoisotopic (exact) mass is 334 g/mol. The lowest BCUT2D eigenvalue weighted by Gasteiger charge is -2.24. The highest BCUT2D eigenvalue weighted by molar-refractivity contribution is 5.97. The summed E-state index contributed by atoms with van der Waals surface area (Å²) in [5.41, 5.74) is 9.34. The molecule has 2 atom stereocenters. The lowest BCUT2D eigenvalue weighted by Crippen LogP contribution is -2.32. The highest BCUT2D eigenvalue weighted by atomic mass is 16.5. The third-order valence-corrected chi connectivity index (χ3v) is 5.00. The molecule has 4 heteroatoms. The zero-order valence-electron chi connectivity index (χ0n) is 14.1. The molecule has 0 radical (unpaired) electrons. The normalized spacial score (nSPS) is 21.7. The molecule has 0 spiro atoms. The predicted octanol–water partition coefficient (Wildman–Crippen LogP) is 3.27. The molecule has 25 heavy (non-hydrogen) atoms. The van der Waals surface area contributed by atoms with Gasteiger partial charge in [-0.25, -0.2) is 0 Å². The van der Waals surface area contributed by atoms with Gasteiger partial charge in [-0.05, 0) is 36.5 Å². The van der Waals surface area contributed by atoms with Gasteiger partial charge in [0.2, 0.25) is 0 Å². The van der Waals surface area contributed by atoms with Crippen LogP contribution in [0.3, 0.4) is 0 Å². The molecule has 1 amide bonds. The van der Waals surface area contributed by atoms with Gasteiger partial charge in [-0.1, -0.05) is 48.5 Å². The first kappa shape index (κ1) is 15.9. The molecule has 2 unspecified atom stereocenters. The number of para-hydroxylation sites is 1. The molecule has 4 nitrogen and oxygen atoms in total. The van der Waals surface area contributed by atoms with E-state index in [4.69, 9.17) is 10.5 Å². The zero-order chi connectivity index (χ0) is 17.2. The van der Waals surface area contributed by atoms with Crippen LogP contribution in [0.5, 0.6) is 5.75 Å². The summed E-state index contributed by atoms with van der Waals surface area (Å²) in [6, 6.07) is 16.5. The van der Waals surface area contributed by atoms with Crippen LogP contribution in [-0.2, 0) is 6.61 Å². The second-order valence-corrected chi connectivity index (χ2v) is 6.76. The smallest absolute Gasteiger partial charge is 0.252 e. The van der Waals surface area contributed by atoms with E-state index >= 15 is 0 Å². The highest BCUT2D eigenvalue weighted by Gasteiger charge is 2.30. The summed E-state index contributed by atoms with van der Waals surface area (Å²) in [5.74, 6) is 0.147. The first-order valence-electron chi connectivity index (χ1n) is 8.77.